The molecule has 106 valence electrons. The monoisotopic (exact) mass is 276 g/mol. The Morgan fingerprint density at radius 2 is 1.80 bits per heavy atom. The summed E-state index contributed by atoms with van der Waals surface area (Å²) < 4.78 is 26.6. The average molecular weight is 276 g/mol. The van der Waals surface area contributed by atoms with Crippen LogP contribution in [0.5, 0.6) is 0 Å². The molecule has 0 saturated carbocycles. The zero-order chi connectivity index (χ0) is 14.7. The minimum absolute atomic E-state index is 0.190. The van der Waals surface area contributed by atoms with Gasteiger partial charge in [-0.05, 0) is 56.2 Å². The number of rotatable bonds is 4. The van der Waals surface area contributed by atoms with Crippen molar-refractivity contribution in [3.8, 4) is 0 Å². The van der Waals surface area contributed by atoms with Gasteiger partial charge in [0.1, 0.15) is 11.6 Å². The van der Waals surface area contributed by atoms with Gasteiger partial charge in [0.25, 0.3) is 0 Å². The SMILES string of the molecule is Cc1cc(F)cc(C(NC(C)C)c2ccc(F)cn2)c1. The topological polar surface area (TPSA) is 24.9 Å². The summed E-state index contributed by atoms with van der Waals surface area (Å²) in [5, 5.41) is 3.33. The Balaban J connectivity index is 2.43. The molecule has 1 heterocycles. The number of nitrogens with zero attached hydrogens (tertiary/aromatic N) is 1. The fraction of sp³-hybridized carbons (Fsp3) is 0.312. The Labute approximate surface area is 117 Å². The maximum atomic E-state index is 13.6. The van der Waals surface area contributed by atoms with Gasteiger partial charge in [0.15, 0.2) is 0 Å². The smallest absolute Gasteiger partial charge is 0.141 e. The molecule has 2 rings (SSSR count). The molecule has 1 atom stereocenters. The van der Waals surface area contributed by atoms with E-state index in [1.807, 2.05) is 26.8 Å². The van der Waals surface area contributed by atoms with Crippen molar-refractivity contribution in [2.24, 2.45) is 0 Å². The van der Waals surface area contributed by atoms with E-state index in [0.717, 1.165) is 11.1 Å². The molecule has 0 bridgehead atoms. The van der Waals surface area contributed by atoms with E-state index < -0.39 is 0 Å². The fourth-order valence-corrected chi connectivity index (χ4v) is 2.17. The van der Waals surface area contributed by atoms with Gasteiger partial charge in [-0.1, -0.05) is 6.07 Å². The van der Waals surface area contributed by atoms with Crippen molar-refractivity contribution in [3.05, 3.63) is 65.0 Å². The second-order valence-electron chi connectivity index (χ2n) is 5.22. The summed E-state index contributed by atoms with van der Waals surface area (Å²) in [6, 6.07) is 7.79. The van der Waals surface area contributed by atoms with Crippen LogP contribution in [0.4, 0.5) is 8.78 Å². The van der Waals surface area contributed by atoms with Crippen LogP contribution in [0.15, 0.2) is 36.5 Å². The Bertz CT molecular complexity index is 559. The van der Waals surface area contributed by atoms with Gasteiger partial charge in [-0.3, -0.25) is 4.98 Å². The maximum absolute atomic E-state index is 13.6. The second-order valence-corrected chi connectivity index (χ2v) is 5.22. The van der Waals surface area contributed by atoms with Crippen molar-refractivity contribution < 1.29 is 8.78 Å². The summed E-state index contributed by atoms with van der Waals surface area (Å²) in [6.45, 7) is 5.85. The molecule has 0 aliphatic heterocycles. The largest absolute Gasteiger partial charge is 0.303 e. The Hall–Kier alpha value is -1.81. The zero-order valence-electron chi connectivity index (χ0n) is 11.8. The van der Waals surface area contributed by atoms with Crippen molar-refractivity contribution >= 4 is 0 Å². The number of nitrogens with one attached hydrogen (secondary N) is 1. The number of halogens is 2. The van der Waals surface area contributed by atoms with E-state index >= 15 is 0 Å². The molecule has 0 aliphatic rings. The Morgan fingerprint density at radius 1 is 1.05 bits per heavy atom. The van der Waals surface area contributed by atoms with Crippen molar-refractivity contribution in [1.82, 2.24) is 10.3 Å². The van der Waals surface area contributed by atoms with Gasteiger partial charge in [-0.15, -0.1) is 0 Å². The molecule has 1 N–H and O–H groups in total. The number of pyridine rings is 1. The minimum atomic E-state index is -0.382. The van der Waals surface area contributed by atoms with Gasteiger partial charge in [0, 0.05) is 6.04 Å². The van der Waals surface area contributed by atoms with Gasteiger partial charge in [0.05, 0.1) is 17.9 Å². The van der Waals surface area contributed by atoms with E-state index in [1.54, 1.807) is 6.07 Å². The third-order valence-corrected chi connectivity index (χ3v) is 2.94. The fourth-order valence-electron chi connectivity index (χ4n) is 2.17. The van der Waals surface area contributed by atoms with Crippen LogP contribution in [-0.2, 0) is 0 Å². The molecule has 1 aromatic heterocycles. The Morgan fingerprint density at radius 3 is 2.35 bits per heavy atom. The lowest BCUT2D eigenvalue weighted by Gasteiger charge is -2.22. The van der Waals surface area contributed by atoms with Gasteiger partial charge in [-0.25, -0.2) is 8.78 Å². The van der Waals surface area contributed by atoms with E-state index in [4.69, 9.17) is 0 Å². The predicted octanol–water partition coefficient (Wildman–Crippen LogP) is 3.76. The van der Waals surface area contributed by atoms with Crippen LogP contribution < -0.4 is 5.32 Å². The van der Waals surface area contributed by atoms with Gasteiger partial charge in [0.2, 0.25) is 0 Å². The summed E-state index contributed by atoms with van der Waals surface area (Å²) >= 11 is 0. The van der Waals surface area contributed by atoms with Crippen molar-refractivity contribution in [2.45, 2.75) is 32.9 Å². The highest BCUT2D eigenvalue weighted by atomic mass is 19.1. The van der Waals surface area contributed by atoms with Crippen LogP contribution in [0, 0.1) is 18.6 Å². The number of hydrogen-bond acceptors (Lipinski definition) is 2. The number of aromatic nitrogens is 1. The normalized spacial score (nSPS) is 12.7. The summed E-state index contributed by atoms with van der Waals surface area (Å²) in [5.41, 5.74) is 2.30. The lowest BCUT2D eigenvalue weighted by atomic mass is 10.00. The molecule has 0 amide bonds. The molecule has 1 unspecified atom stereocenters. The van der Waals surface area contributed by atoms with Crippen LogP contribution in [0.25, 0.3) is 0 Å². The molecular weight excluding hydrogens is 258 g/mol. The lowest BCUT2D eigenvalue weighted by Crippen LogP contribution is -2.29. The van der Waals surface area contributed by atoms with E-state index in [2.05, 4.69) is 10.3 Å². The van der Waals surface area contributed by atoms with Crippen LogP contribution in [-0.4, -0.2) is 11.0 Å². The van der Waals surface area contributed by atoms with Gasteiger partial charge in [-0.2, -0.15) is 0 Å². The quantitative estimate of drug-likeness (QED) is 0.919. The first-order valence-electron chi connectivity index (χ1n) is 6.60. The summed E-state index contributed by atoms with van der Waals surface area (Å²) in [5.74, 6) is -0.662. The molecule has 0 fully saturated rings. The highest BCUT2D eigenvalue weighted by Crippen LogP contribution is 2.23. The highest BCUT2D eigenvalue weighted by molar-refractivity contribution is 5.32. The van der Waals surface area contributed by atoms with E-state index in [-0.39, 0.29) is 23.7 Å². The molecule has 0 radical (unpaired) electrons. The first-order chi connectivity index (χ1) is 9.45. The maximum Gasteiger partial charge on any atom is 0.141 e. The van der Waals surface area contributed by atoms with E-state index in [0.29, 0.717) is 5.69 Å². The first kappa shape index (κ1) is 14.6. The lowest BCUT2D eigenvalue weighted by molar-refractivity contribution is 0.514. The standard InChI is InChI=1S/C16H18F2N2/c1-10(2)20-16(15-5-4-13(17)9-19-15)12-6-11(3)7-14(18)8-12/h4-10,16,20H,1-3H3. The molecular formula is C16H18F2N2. The van der Waals surface area contributed by atoms with Crippen LogP contribution in [0.3, 0.4) is 0 Å². The second kappa shape index (κ2) is 6.09. The zero-order valence-corrected chi connectivity index (χ0v) is 11.8. The molecule has 2 aromatic rings. The molecule has 2 nitrogen and oxygen atoms in total. The summed E-state index contributed by atoms with van der Waals surface area (Å²) in [7, 11) is 0. The summed E-state index contributed by atoms with van der Waals surface area (Å²) in [6.07, 6.45) is 1.18. The first-order valence-corrected chi connectivity index (χ1v) is 6.60. The van der Waals surface area contributed by atoms with Crippen LogP contribution in [0.1, 0.15) is 36.7 Å². The van der Waals surface area contributed by atoms with Gasteiger partial charge >= 0.3 is 0 Å². The predicted molar refractivity (Wildman–Crippen MR) is 75.4 cm³/mol. The molecule has 0 saturated heterocycles. The van der Waals surface area contributed by atoms with Crippen LogP contribution >= 0.6 is 0 Å². The molecule has 1 aromatic carbocycles. The van der Waals surface area contributed by atoms with Crippen molar-refractivity contribution in [2.75, 3.05) is 0 Å². The Kier molecular flexibility index (Phi) is 4.45. The van der Waals surface area contributed by atoms with Crippen LogP contribution in [0.2, 0.25) is 0 Å². The molecule has 0 spiro atoms. The van der Waals surface area contributed by atoms with E-state index in [9.17, 15) is 8.78 Å². The molecule has 4 heteroatoms. The minimum Gasteiger partial charge on any atom is -0.303 e. The van der Waals surface area contributed by atoms with E-state index in [1.165, 1.54) is 24.4 Å². The third kappa shape index (κ3) is 3.61. The third-order valence-electron chi connectivity index (χ3n) is 2.94. The van der Waals surface area contributed by atoms with Gasteiger partial charge < -0.3 is 5.32 Å². The highest BCUT2D eigenvalue weighted by Gasteiger charge is 2.17. The van der Waals surface area contributed by atoms with Crippen molar-refractivity contribution in [3.63, 3.8) is 0 Å². The molecule has 0 aliphatic carbocycles. The molecule has 20 heavy (non-hydrogen) atoms. The average Bonchev–Trinajstić information content (AvgIpc) is 2.35. The van der Waals surface area contributed by atoms with Crippen molar-refractivity contribution in [1.29, 1.82) is 0 Å². The number of hydrogen-bond donors (Lipinski definition) is 1. The summed E-state index contributed by atoms with van der Waals surface area (Å²) in [4.78, 5) is 4.11. The number of benzene rings is 1. The number of aryl methyl sites for hydroxylation is 1.